The molecule has 1 amide bonds. The summed E-state index contributed by atoms with van der Waals surface area (Å²) in [5.74, 6) is 1.24. The van der Waals surface area contributed by atoms with Gasteiger partial charge in [0.2, 0.25) is 0 Å². The fourth-order valence-electron chi connectivity index (χ4n) is 2.59. The van der Waals surface area contributed by atoms with Crippen LogP contribution in [-0.2, 0) is 11.3 Å². The highest BCUT2D eigenvalue weighted by atomic mass is 16.5. The van der Waals surface area contributed by atoms with Gasteiger partial charge in [-0.25, -0.2) is 0 Å². The number of amides is 1. The molecule has 0 bridgehead atoms. The van der Waals surface area contributed by atoms with Crippen molar-refractivity contribution in [2.45, 2.75) is 19.6 Å². The molecule has 3 rings (SSSR count). The molecule has 4 nitrogen and oxygen atoms in total. The van der Waals surface area contributed by atoms with Crippen LogP contribution in [0, 0.1) is 0 Å². The molecule has 0 spiro atoms. The number of hydrogen-bond donors (Lipinski definition) is 1. The molecule has 0 heterocycles. The summed E-state index contributed by atoms with van der Waals surface area (Å²) in [6, 6.07) is 21.5. The van der Waals surface area contributed by atoms with Gasteiger partial charge in [-0.15, -0.1) is 0 Å². The molecule has 0 aromatic heterocycles. The van der Waals surface area contributed by atoms with Crippen molar-refractivity contribution in [2.75, 3.05) is 7.11 Å². The Hall–Kier alpha value is -3.01. The van der Waals surface area contributed by atoms with E-state index in [1.165, 1.54) is 5.39 Å². The zero-order valence-corrected chi connectivity index (χ0v) is 14.4. The van der Waals surface area contributed by atoms with Crippen LogP contribution in [0.2, 0.25) is 0 Å². The van der Waals surface area contributed by atoms with E-state index in [9.17, 15) is 4.79 Å². The zero-order valence-electron chi connectivity index (χ0n) is 14.4. The van der Waals surface area contributed by atoms with Gasteiger partial charge in [-0.3, -0.25) is 4.79 Å². The molecule has 3 aromatic carbocycles. The first-order chi connectivity index (χ1) is 12.2. The Balaban J connectivity index is 1.56. The first-order valence-corrected chi connectivity index (χ1v) is 8.22. The van der Waals surface area contributed by atoms with Crippen molar-refractivity contribution < 1.29 is 14.3 Å². The van der Waals surface area contributed by atoms with Crippen molar-refractivity contribution in [1.82, 2.24) is 5.32 Å². The van der Waals surface area contributed by atoms with Gasteiger partial charge >= 0.3 is 0 Å². The van der Waals surface area contributed by atoms with Gasteiger partial charge in [0, 0.05) is 6.54 Å². The number of hydrogen-bond acceptors (Lipinski definition) is 3. The van der Waals surface area contributed by atoms with E-state index in [-0.39, 0.29) is 5.91 Å². The van der Waals surface area contributed by atoms with Crippen molar-refractivity contribution >= 4 is 16.7 Å². The molecule has 1 atom stereocenters. The van der Waals surface area contributed by atoms with Gasteiger partial charge in [-0.05, 0) is 53.6 Å². The van der Waals surface area contributed by atoms with Crippen LogP contribution in [0.15, 0.2) is 66.7 Å². The molecule has 0 aliphatic rings. The predicted molar refractivity (Wildman–Crippen MR) is 98.9 cm³/mol. The fourth-order valence-corrected chi connectivity index (χ4v) is 2.59. The third-order valence-corrected chi connectivity index (χ3v) is 4.02. The molecular weight excluding hydrogens is 314 g/mol. The van der Waals surface area contributed by atoms with Crippen LogP contribution in [0.1, 0.15) is 12.5 Å². The molecular formula is C21H21NO3. The second-order valence-electron chi connectivity index (χ2n) is 5.83. The quantitative estimate of drug-likeness (QED) is 0.742. The first-order valence-electron chi connectivity index (χ1n) is 8.22. The molecule has 0 saturated heterocycles. The molecule has 0 saturated carbocycles. The number of benzene rings is 3. The van der Waals surface area contributed by atoms with Crippen molar-refractivity contribution in [3.8, 4) is 11.5 Å². The Morgan fingerprint density at radius 3 is 2.36 bits per heavy atom. The van der Waals surface area contributed by atoms with Crippen LogP contribution in [-0.4, -0.2) is 19.1 Å². The van der Waals surface area contributed by atoms with Crippen molar-refractivity contribution in [2.24, 2.45) is 0 Å². The van der Waals surface area contributed by atoms with Gasteiger partial charge < -0.3 is 14.8 Å². The van der Waals surface area contributed by atoms with Crippen molar-refractivity contribution in [3.05, 3.63) is 72.3 Å². The second-order valence-corrected chi connectivity index (χ2v) is 5.83. The lowest BCUT2D eigenvalue weighted by atomic mass is 10.1. The highest BCUT2D eigenvalue weighted by molar-refractivity contribution is 5.83. The van der Waals surface area contributed by atoms with Crippen LogP contribution in [0.4, 0.5) is 0 Å². The standard InChI is InChI=1S/C21H21NO3/c1-15(25-20-11-9-19(24-2)10-12-20)21(23)22-14-16-7-8-17-5-3-4-6-18(17)13-16/h3-13,15H,14H2,1-2H3,(H,22,23). The van der Waals surface area contributed by atoms with Gasteiger partial charge in [-0.1, -0.05) is 36.4 Å². The topological polar surface area (TPSA) is 47.6 Å². The monoisotopic (exact) mass is 335 g/mol. The lowest BCUT2D eigenvalue weighted by Gasteiger charge is -2.15. The Labute approximate surface area is 147 Å². The molecule has 0 radical (unpaired) electrons. The van der Waals surface area contributed by atoms with E-state index in [2.05, 4.69) is 29.6 Å². The summed E-state index contributed by atoms with van der Waals surface area (Å²) < 4.78 is 10.8. The lowest BCUT2D eigenvalue weighted by Crippen LogP contribution is -2.35. The van der Waals surface area contributed by atoms with E-state index in [1.54, 1.807) is 38.3 Å². The van der Waals surface area contributed by atoms with Gasteiger partial charge in [0.15, 0.2) is 6.10 Å². The highest BCUT2D eigenvalue weighted by Crippen LogP contribution is 2.18. The number of carbonyl (C=O) groups excluding carboxylic acids is 1. The Kier molecular flexibility index (Phi) is 5.19. The first kappa shape index (κ1) is 16.8. The molecule has 0 aliphatic heterocycles. The van der Waals surface area contributed by atoms with Gasteiger partial charge in [-0.2, -0.15) is 0 Å². The van der Waals surface area contributed by atoms with E-state index < -0.39 is 6.10 Å². The Bertz CT molecular complexity index is 858. The van der Waals surface area contributed by atoms with Gasteiger partial charge in [0.1, 0.15) is 11.5 Å². The summed E-state index contributed by atoms with van der Waals surface area (Å²) in [5.41, 5.74) is 1.06. The van der Waals surface area contributed by atoms with E-state index in [4.69, 9.17) is 9.47 Å². The van der Waals surface area contributed by atoms with E-state index in [0.717, 1.165) is 16.7 Å². The summed E-state index contributed by atoms with van der Waals surface area (Å²) >= 11 is 0. The average Bonchev–Trinajstić information content (AvgIpc) is 2.66. The SMILES string of the molecule is COc1ccc(OC(C)C(=O)NCc2ccc3ccccc3c2)cc1. The third kappa shape index (κ3) is 4.29. The highest BCUT2D eigenvalue weighted by Gasteiger charge is 2.14. The van der Waals surface area contributed by atoms with Crippen LogP contribution in [0.5, 0.6) is 11.5 Å². The molecule has 3 aromatic rings. The molecule has 0 aliphatic carbocycles. The summed E-state index contributed by atoms with van der Waals surface area (Å²) in [6.45, 7) is 2.21. The van der Waals surface area contributed by atoms with Crippen LogP contribution < -0.4 is 14.8 Å². The fraction of sp³-hybridized carbons (Fsp3) is 0.190. The van der Waals surface area contributed by atoms with Crippen LogP contribution >= 0.6 is 0 Å². The Morgan fingerprint density at radius 2 is 1.64 bits per heavy atom. The van der Waals surface area contributed by atoms with Crippen LogP contribution in [0.25, 0.3) is 10.8 Å². The zero-order chi connectivity index (χ0) is 17.6. The van der Waals surface area contributed by atoms with Gasteiger partial charge in [0.25, 0.3) is 5.91 Å². The lowest BCUT2D eigenvalue weighted by molar-refractivity contribution is -0.127. The normalized spacial score (nSPS) is 11.8. The van der Waals surface area contributed by atoms with Crippen molar-refractivity contribution in [3.63, 3.8) is 0 Å². The van der Waals surface area contributed by atoms with E-state index in [0.29, 0.717) is 12.3 Å². The third-order valence-electron chi connectivity index (χ3n) is 4.02. The number of ether oxygens (including phenoxy) is 2. The molecule has 128 valence electrons. The predicted octanol–water partition coefficient (Wildman–Crippen LogP) is 3.93. The van der Waals surface area contributed by atoms with Crippen LogP contribution in [0.3, 0.4) is 0 Å². The molecule has 1 N–H and O–H groups in total. The summed E-state index contributed by atoms with van der Waals surface area (Å²) in [4.78, 5) is 12.2. The maximum absolute atomic E-state index is 12.2. The minimum atomic E-state index is -0.575. The largest absolute Gasteiger partial charge is 0.497 e. The van der Waals surface area contributed by atoms with Gasteiger partial charge in [0.05, 0.1) is 7.11 Å². The smallest absolute Gasteiger partial charge is 0.261 e. The Morgan fingerprint density at radius 1 is 0.960 bits per heavy atom. The maximum Gasteiger partial charge on any atom is 0.261 e. The summed E-state index contributed by atoms with van der Waals surface area (Å²) in [5, 5.41) is 5.27. The molecule has 0 fully saturated rings. The number of rotatable bonds is 6. The molecule has 1 unspecified atom stereocenters. The average molecular weight is 335 g/mol. The minimum absolute atomic E-state index is 0.149. The number of methoxy groups -OCH3 is 1. The maximum atomic E-state index is 12.2. The number of fused-ring (bicyclic) bond motifs is 1. The van der Waals surface area contributed by atoms with Crippen molar-refractivity contribution in [1.29, 1.82) is 0 Å². The van der Waals surface area contributed by atoms with E-state index in [1.807, 2.05) is 18.2 Å². The summed E-state index contributed by atoms with van der Waals surface area (Å²) in [7, 11) is 1.61. The number of carbonyl (C=O) groups is 1. The minimum Gasteiger partial charge on any atom is -0.497 e. The molecule has 25 heavy (non-hydrogen) atoms. The number of nitrogens with one attached hydrogen (secondary N) is 1. The second kappa shape index (κ2) is 7.71. The molecule has 4 heteroatoms. The van der Waals surface area contributed by atoms with E-state index >= 15 is 0 Å². The summed E-state index contributed by atoms with van der Waals surface area (Å²) in [6.07, 6.45) is -0.575.